The number of hydrogen-bond donors (Lipinski definition) is 1. The van der Waals surface area contributed by atoms with Gasteiger partial charge in [-0.25, -0.2) is 4.68 Å². The molecule has 104 valence electrons. The quantitative estimate of drug-likeness (QED) is 0.800. The lowest BCUT2D eigenvalue weighted by molar-refractivity contribution is 0.102. The fourth-order valence-electron chi connectivity index (χ4n) is 1.96. The van der Waals surface area contributed by atoms with E-state index in [9.17, 15) is 4.79 Å². The van der Waals surface area contributed by atoms with Crippen LogP contribution in [-0.4, -0.2) is 15.7 Å². The molecule has 5 heteroatoms. The number of amides is 1. The molecule has 2 aromatic carbocycles. The van der Waals surface area contributed by atoms with Crippen LogP contribution in [0.15, 0.2) is 67.0 Å². The van der Waals surface area contributed by atoms with Gasteiger partial charge in [0.1, 0.15) is 0 Å². The van der Waals surface area contributed by atoms with Crippen LogP contribution in [0.1, 0.15) is 10.4 Å². The molecule has 0 aliphatic carbocycles. The maximum atomic E-state index is 12.1. The molecule has 1 N–H and O–H groups in total. The number of halogens is 1. The van der Waals surface area contributed by atoms with Gasteiger partial charge in [0.25, 0.3) is 5.91 Å². The molecular formula is C16H12ClN3O. The Morgan fingerprint density at radius 2 is 1.90 bits per heavy atom. The Morgan fingerprint density at radius 1 is 1.10 bits per heavy atom. The third kappa shape index (κ3) is 3.12. The van der Waals surface area contributed by atoms with Crippen molar-refractivity contribution < 1.29 is 4.79 Å². The van der Waals surface area contributed by atoms with Gasteiger partial charge in [0.05, 0.1) is 5.69 Å². The molecule has 0 atom stereocenters. The molecule has 1 amide bonds. The van der Waals surface area contributed by atoms with Gasteiger partial charge in [-0.2, -0.15) is 5.10 Å². The van der Waals surface area contributed by atoms with E-state index in [1.54, 1.807) is 47.3 Å². The van der Waals surface area contributed by atoms with Crippen molar-refractivity contribution in [2.75, 3.05) is 5.32 Å². The van der Waals surface area contributed by atoms with Gasteiger partial charge in [0, 0.05) is 28.7 Å². The third-order valence-corrected chi connectivity index (χ3v) is 3.22. The van der Waals surface area contributed by atoms with E-state index in [-0.39, 0.29) is 5.91 Å². The summed E-state index contributed by atoms with van der Waals surface area (Å²) in [4.78, 5) is 12.1. The molecule has 0 aliphatic heterocycles. The van der Waals surface area contributed by atoms with Crippen molar-refractivity contribution in [1.82, 2.24) is 9.78 Å². The van der Waals surface area contributed by atoms with Crippen molar-refractivity contribution in [2.45, 2.75) is 0 Å². The van der Waals surface area contributed by atoms with Gasteiger partial charge in [-0.3, -0.25) is 4.79 Å². The summed E-state index contributed by atoms with van der Waals surface area (Å²) in [6.07, 6.45) is 3.56. The summed E-state index contributed by atoms with van der Waals surface area (Å²) in [5, 5.41) is 7.53. The van der Waals surface area contributed by atoms with Crippen LogP contribution in [0.25, 0.3) is 5.69 Å². The summed E-state index contributed by atoms with van der Waals surface area (Å²) in [5.41, 5.74) is 2.15. The molecule has 0 unspecified atom stereocenters. The van der Waals surface area contributed by atoms with Crippen molar-refractivity contribution >= 4 is 23.2 Å². The first-order valence-electron chi connectivity index (χ1n) is 6.39. The standard InChI is InChI=1S/C16H12ClN3O/c17-13-3-1-4-14(11-13)19-16(21)12-5-7-15(8-6-12)20-10-2-9-18-20/h1-11H,(H,19,21). The van der Waals surface area contributed by atoms with Crippen molar-refractivity contribution in [3.63, 3.8) is 0 Å². The summed E-state index contributed by atoms with van der Waals surface area (Å²) in [5.74, 6) is -0.177. The predicted molar refractivity (Wildman–Crippen MR) is 83.0 cm³/mol. The van der Waals surface area contributed by atoms with Gasteiger partial charge in [-0.15, -0.1) is 0 Å². The van der Waals surface area contributed by atoms with Crippen LogP contribution in [0.4, 0.5) is 5.69 Å². The number of nitrogens with one attached hydrogen (secondary N) is 1. The van der Waals surface area contributed by atoms with E-state index in [1.807, 2.05) is 24.4 Å². The zero-order valence-corrected chi connectivity index (χ0v) is 11.8. The predicted octanol–water partition coefficient (Wildman–Crippen LogP) is 3.78. The highest BCUT2D eigenvalue weighted by Crippen LogP contribution is 2.16. The first-order valence-corrected chi connectivity index (χ1v) is 6.77. The topological polar surface area (TPSA) is 46.9 Å². The number of benzene rings is 2. The lowest BCUT2D eigenvalue weighted by Gasteiger charge is -2.07. The Hall–Kier alpha value is -2.59. The lowest BCUT2D eigenvalue weighted by Crippen LogP contribution is -2.11. The van der Waals surface area contributed by atoms with Gasteiger partial charge >= 0.3 is 0 Å². The number of rotatable bonds is 3. The van der Waals surface area contributed by atoms with Crippen LogP contribution < -0.4 is 5.32 Å². The molecule has 4 nitrogen and oxygen atoms in total. The van der Waals surface area contributed by atoms with E-state index in [4.69, 9.17) is 11.6 Å². The first-order chi connectivity index (χ1) is 10.2. The number of carbonyl (C=O) groups excluding carboxylic acids is 1. The molecule has 3 aromatic rings. The number of aromatic nitrogens is 2. The molecule has 0 saturated carbocycles. The Balaban J connectivity index is 1.76. The number of hydrogen-bond acceptors (Lipinski definition) is 2. The van der Waals surface area contributed by atoms with Crippen LogP contribution in [0, 0.1) is 0 Å². The zero-order valence-electron chi connectivity index (χ0n) is 11.0. The number of nitrogens with zero attached hydrogens (tertiary/aromatic N) is 2. The monoisotopic (exact) mass is 297 g/mol. The van der Waals surface area contributed by atoms with Crippen molar-refractivity contribution in [2.24, 2.45) is 0 Å². The summed E-state index contributed by atoms with van der Waals surface area (Å²) >= 11 is 5.89. The second kappa shape index (κ2) is 5.81. The fraction of sp³-hybridized carbons (Fsp3) is 0. The van der Waals surface area contributed by atoms with E-state index in [0.29, 0.717) is 16.3 Å². The zero-order chi connectivity index (χ0) is 14.7. The average molecular weight is 298 g/mol. The molecule has 0 saturated heterocycles. The van der Waals surface area contributed by atoms with E-state index in [1.165, 1.54) is 0 Å². The van der Waals surface area contributed by atoms with E-state index >= 15 is 0 Å². The molecule has 0 fully saturated rings. The molecule has 0 bridgehead atoms. The minimum absolute atomic E-state index is 0.177. The van der Waals surface area contributed by atoms with Crippen LogP contribution in [0.2, 0.25) is 5.02 Å². The first kappa shape index (κ1) is 13.4. The minimum Gasteiger partial charge on any atom is -0.322 e. The van der Waals surface area contributed by atoms with Crippen LogP contribution in [0.3, 0.4) is 0 Å². The van der Waals surface area contributed by atoms with Crippen molar-refractivity contribution in [3.05, 3.63) is 77.6 Å². The second-order valence-corrected chi connectivity index (χ2v) is 4.90. The van der Waals surface area contributed by atoms with Crippen LogP contribution >= 0.6 is 11.6 Å². The molecule has 1 aromatic heterocycles. The van der Waals surface area contributed by atoms with E-state index in [2.05, 4.69) is 10.4 Å². The third-order valence-electron chi connectivity index (χ3n) is 2.98. The van der Waals surface area contributed by atoms with Crippen molar-refractivity contribution in [3.8, 4) is 5.69 Å². The number of anilines is 1. The summed E-state index contributed by atoms with van der Waals surface area (Å²) in [6.45, 7) is 0. The fourth-order valence-corrected chi connectivity index (χ4v) is 2.15. The summed E-state index contributed by atoms with van der Waals surface area (Å²) in [6, 6.07) is 16.1. The Bertz CT molecular complexity index is 751. The molecular weight excluding hydrogens is 286 g/mol. The average Bonchev–Trinajstić information content (AvgIpc) is 3.01. The molecule has 3 rings (SSSR count). The number of carbonyl (C=O) groups is 1. The molecule has 0 aliphatic rings. The maximum Gasteiger partial charge on any atom is 0.255 e. The van der Waals surface area contributed by atoms with Gasteiger partial charge in [0.15, 0.2) is 0 Å². The largest absolute Gasteiger partial charge is 0.322 e. The minimum atomic E-state index is -0.177. The normalized spacial score (nSPS) is 10.3. The van der Waals surface area contributed by atoms with Crippen LogP contribution in [0.5, 0.6) is 0 Å². The van der Waals surface area contributed by atoms with Crippen molar-refractivity contribution in [1.29, 1.82) is 0 Å². The highest BCUT2D eigenvalue weighted by molar-refractivity contribution is 6.30. The Labute approximate surface area is 127 Å². The molecule has 0 spiro atoms. The summed E-state index contributed by atoms with van der Waals surface area (Å²) in [7, 11) is 0. The van der Waals surface area contributed by atoms with E-state index < -0.39 is 0 Å². The lowest BCUT2D eigenvalue weighted by atomic mass is 10.2. The highest BCUT2D eigenvalue weighted by atomic mass is 35.5. The highest BCUT2D eigenvalue weighted by Gasteiger charge is 2.06. The van der Waals surface area contributed by atoms with Gasteiger partial charge in [0.2, 0.25) is 0 Å². The summed E-state index contributed by atoms with van der Waals surface area (Å²) < 4.78 is 1.73. The molecule has 0 radical (unpaired) electrons. The Kier molecular flexibility index (Phi) is 3.71. The maximum absolute atomic E-state index is 12.1. The van der Waals surface area contributed by atoms with Crippen LogP contribution in [-0.2, 0) is 0 Å². The second-order valence-electron chi connectivity index (χ2n) is 4.46. The molecule has 21 heavy (non-hydrogen) atoms. The Morgan fingerprint density at radius 3 is 2.57 bits per heavy atom. The van der Waals surface area contributed by atoms with Gasteiger partial charge < -0.3 is 5.32 Å². The molecule has 1 heterocycles. The SMILES string of the molecule is O=C(Nc1cccc(Cl)c1)c1ccc(-n2cccn2)cc1. The van der Waals surface area contributed by atoms with Gasteiger partial charge in [-0.1, -0.05) is 17.7 Å². The smallest absolute Gasteiger partial charge is 0.255 e. The van der Waals surface area contributed by atoms with E-state index in [0.717, 1.165) is 5.69 Å². The van der Waals surface area contributed by atoms with Gasteiger partial charge in [-0.05, 0) is 48.5 Å².